The fourth-order valence-electron chi connectivity index (χ4n) is 4.52. The third-order valence-electron chi connectivity index (χ3n) is 5.77. The number of halogens is 1. The highest BCUT2D eigenvalue weighted by molar-refractivity contribution is 7.12. The van der Waals surface area contributed by atoms with Crippen LogP contribution in [0.25, 0.3) is 0 Å². The molecule has 1 N–H and O–H groups in total. The van der Waals surface area contributed by atoms with Crippen LogP contribution in [0.2, 0.25) is 0 Å². The minimum Gasteiger partial charge on any atom is -0.389 e. The van der Waals surface area contributed by atoms with E-state index in [-0.39, 0.29) is 23.7 Å². The van der Waals surface area contributed by atoms with Gasteiger partial charge in [0.2, 0.25) is 0 Å². The second kappa shape index (κ2) is 6.54. The first-order valence-corrected chi connectivity index (χ1v) is 9.79. The number of thiophene rings is 1. The molecule has 0 bridgehead atoms. The first-order valence-electron chi connectivity index (χ1n) is 8.91. The van der Waals surface area contributed by atoms with Crippen molar-refractivity contribution in [1.82, 2.24) is 4.90 Å². The largest absolute Gasteiger partial charge is 0.389 e. The van der Waals surface area contributed by atoms with Crippen molar-refractivity contribution in [3.8, 4) is 0 Å². The highest BCUT2D eigenvalue weighted by atomic mass is 32.1. The maximum atomic E-state index is 13.4. The standard InChI is InChI=1S/C20H22FNO2S/c21-15-8-6-14(7-9-15)18-16-4-1-2-10-20(16,24)11-12-22(18)19(23)17-5-3-13-25-17/h3,5-9,13,16,18,24H,1-2,4,10-12H2/t16-,18+,20-/m1/s1. The van der Waals surface area contributed by atoms with Crippen LogP contribution in [0.5, 0.6) is 0 Å². The van der Waals surface area contributed by atoms with Gasteiger partial charge in [0.25, 0.3) is 5.91 Å². The highest BCUT2D eigenvalue weighted by Crippen LogP contribution is 2.49. The summed E-state index contributed by atoms with van der Waals surface area (Å²) < 4.78 is 13.4. The van der Waals surface area contributed by atoms with E-state index in [0.717, 1.165) is 31.2 Å². The van der Waals surface area contributed by atoms with Crippen molar-refractivity contribution in [3.05, 3.63) is 58.0 Å². The van der Waals surface area contributed by atoms with Gasteiger partial charge in [0.1, 0.15) is 5.82 Å². The molecule has 25 heavy (non-hydrogen) atoms. The predicted molar refractivity (Wildman–Crippen MR) is 96.0 cm³/mol. The van der Waals surface area contributed by atoms with Crippen LogP contribution in [0.1, 0.15) is 53.4 Å². The van der Waals surface area contributed by atoms with Crippen LogP contribution < -0.4 is 0 Å². The van der Waals surface area contributed by atoms with E-state index >= 15 is 0 Å². The lowest BCUT2D eigenvalue weighted by molar-refractivity contribution is -0.114. The molecule has 2 fully saturated rings. The van der Waals surface area contributed by atoms with Gasteiger partial charge in [-0.3, -0.25) is 4.79 Å². The first-order chi connectivity index (χ1) is 12.1. The highest BCUT2D eigenvalue weighted by Gasteiger charge is 2.50. The minimum absolute atomic E-state index is 0.00405. The van der Waals surface area contributed by atoms with E-state index in [4.69, 9.17) is 0 Å². The summed E-state index contributed by atoms with van der Waals surface area (Å²) in [5, 5.41) is 13.1. The Balaban J connectivity index is 1.74. The SMILES string of the molecule is O=C(c1cccs1)N1CC[C@]2(O)CCCC[C@@H]2[C@@H]1c1ccc(F)cc1. The molecule has 2 heterocycles. The summed E-state index contributed by atoms with van der Waals surface area (Å²) in [5.74, 6) is -0.268. The van der Waals surface area contributed by atoms with Crippen LogP contribution in [-0.2, 0) is 0 Å². The zero-order chi connectivity index (χ0) is 17.4. The van der Waals surface area contributed by atoms with Crippen LogP contribution in [-0.4, -0.2) is 28.1 Å². The number of amides is 1. The van der Waals surface area contributed by atoms with Crippen LogP contribution in [0.4, 0.5) is 4.39 Å². The molecule has 0 spiro atoms. The Morgan fingerprint density at radius 3 is 2.72 bits per heavy atom. The molecule has 1 amide bonds. The zero-order valence-electron chi connectivity index (χ0n) is 14.0. The van der Waals surface area contributed by atoms with Gasteiger partial charge in [0.05, 0.1) is 16.5 Å². The first kappa shape index (κ1) is 16.7. The van der Waals surface area contributed by atoms with Gasteiger partial charge in [-0.2, -0.15) is 0 Å². The van der Waals surface area contributed by atoms with Crippen molar-refractivity contribution in [2.24, 2.45) is 5.92 Å². The van der Waals surface area contributed by atoms with Gasteiger partial charge in [-0.25, -0.2) is 4.39 Å². The molecule has 1 saturated heterocycles. The summed E-state index contributed by atoms with van der Waals surface area (Å²) in [5.41, 5.74) is 0.195. The summed E-state index contributed by atoms with van der Waals surface area (Å²) in [7, 11) is 0. The van der Waals surface area contributed by atoms with Crippen molar-refractivity contribution in [1.29, 1.82) is 0 Å². The van der Waals surface area contributed by atoms with Crippen molar-refractivity contribution in [3.63, 3.8) is 0 Å². The van der Waals surface area contributed by atoms with Crippen LogP contribution in [0.3, 0.4) is 0 Å². The number of carbonyl (C=O) groups is 1. The van der Waals surface area contributed by atoms with E-state index in [0.29, 0.717) is 17.8 Å². The normalized spacial score (nSPS) is 29.3. The minimum atomic E-state index is -0.719. The van der Waals surface area contributed by atoms with E-state index in [1.165, 1.54) is 23.5 Å². The molecule has 1 aliphatic heterocycles. The number of nitrogens with zero attached hydrogens (tertiary/aromatic N) is 1. The third kappa shape index (κ3) is 3.00. The Labute approximate surface area is 151 Å². The fourth-order valence-corrected chi connectivity index (χ4v) is 5.20. The van der Waals surface area contributed by atoms with Gasteiger partial charge in [-0.05, 0) is 48.4 Å². The van der Waals surface area contributed by atoms with Crippen LogP contribution in [0, 0.1) is 11.7 Å². The molecule has 0 unspecified atom stereocenters. The van der Waals surface area contributed by atoms with Gasteiger partial charge in [-0.1, -0.05) is 31.0 Å². The Morgan fingerprint density at radius 1 is 1.20 bits per heavy atom. The maximum absolute atomic E-state index is 13.4. The van der Waals surface area contributed by atoms with Crippen molar-refractivity contribution in [2.75, 3.05) is 6.54 Å². The summed E-state index contributed by atoms with van der Waals surface area (Å²) in [6.45, 7) is 0.534. The molecule has 3 nitrogen and oxygen atoms in total. The second-order valence-corrected chi connectivity index (χ2v) is 8.13. The lowest BCUT2D eigenvalue weighted by Gasteiger charge is -2.52. The quantitative estimate of drug-likeness (QED) is 0.864. The van der Waals surface area contributed by atoms with E-state index in [1.807, 2.05) is 22.4 Å². The number of aliphatic hydroxyl groups is 1. The number of likely N-dealkylation sites (tertiary alicyclic amines) is 1. The Hall–Kier alpha value is -1.72. The van der Waals surface area contributed by atoms with Gasteiger partial charge >= 0.3 is 0 Å². The monoisotopic (exact) mass is 359 g/mol. The lowest BCUT2D eigenvalue weighted by Crippen LogP contribution is -2.56. The Morgan fingerprint density at radius 2 is 2.00 bits per heavy atom. The molecular weight excluding hydrogens is 337 g/mol. The third-order valence-corrected chi connectivity index (χ3v) is 6.63. The second-order valence-electron chi connectivity index (χ2n) is 7.18. The maximum Gasteiger partial charge on any atom is 0.264 e. The average Bonchev–Trinajstić information content (AvgIpc) is 3.15. The molecule has 0 radical (unpaired) electrons. The van der Waals surface area contributed by atoms with Crippen LogP contribution in [0.15, 0.2) is 41.8 Å². The number of hydrogen-bond donors (Lipinski definition) is 1. The molecule has 1 aliphatic carbocycles. The molecule has 2 aromatic rings. The number of fused-ring (bicyclic) bond motifs is 1. The van der Waals surface area contributed by atoms with Gasteiger partial charge in [-0.15, -0.1) is 11.3 Å². The van der Waals surface area contributed by atoms with Gasteiger partial charge < -0.3 is 10.0 Å². The number of piperidine rings is 1. The summed E-state index contributed by atoms with van der Waals surface area (Å²) >= 11 is 1.44. The van der Waals surface area contributed by atoms with E-state index < -0.39 is 5.60 Å². The summed E-state index contributed by atoms with van der Waals surface area (Å²) in [6.07, 6.45) is 4.39. The summed E-state index contributed by atoms with van der Waals surface area (Å²) in [6, 6.07) is 9.93. The number of rotatable bonds is 2. The lowest BCUT2D eigenvalue weighted by atomic mass is 9.66. The number of carbonyl (C=O) groups excluding carboxylic acids is 1. The molecule has 3 atom stereocenters. The van der Waals surface area contributed by atoms with Crippen LogP contribution >= 0.6 is 11.3 Å². The van der Waals surface area contributed by atoms with Crippen molar-refractivity contribution >= 4 is 17.2 Å². The molecular formula is C20H22FNO2S. The molecule has 1 saturated carbocycles. The van der Waals surface area contributed by atoms with E-state index in [2.05, 4.69) is 0 Å². The van der Waals surface area contributed by atoms with E-state index in [9.17, 15) is 14.3 Å². The zero-order valence-corrected chi connectivity index (χ0v) is 14.8. The molecule has 5 heteroatoms. The fraction of sp³-hybridized carbons (Fsp3) is 0.450. The predicted octanol–water partition coefficient (Wildman–Crippen LogP) is 4.40. The van der Waals surface area contributed by atoms with E-state index in [1.54, 1.807) is 12.1 Å². The van der Waals surface area contributed by atoms with Gasteiger partial charge in [0, 0.05) is 12.5 Å². The van der Waals surface area contributed by atoms with Gasteiger partial charge in [0.15, 0.2) is 0 Å². The smallest absolute Gasteiger partial charge is 0.264 e. The molecule has 1 aromatic heterocycles. The number of benzene rings is 1. The van der Waals surface area contributed by atoms with Crippen molar-refractivity contribution < 1.29 is 14.3 Å². The molecule has 2 aliphatic rings. The molecule has 1 aromatic carbocycles. The average molecular weight is 359 g/mol. The molecule has 4 rings (SSSR count). The Kier molecular flexibility index (Phi) is 4.38. The molecule has 132 valence electrons. The Bertz CT molecular complexity index is 746. The summed E-state index contributed by atoms with van der Waals surface area (Å²) in [4.78, 5) is 15.7. The topological polar surface area (TPSA) is 40.5 Å². The van der Waals surface area contributed by atoms with Crippen molar-refractivity contribution in [2.45, 2.75) is 43.7 Å². The number of hydrogen-bond acceptors (Lipinski definition) is 3.